The molecule has 0 aliphatic carbocycles. The van der Waals surface area contributed by atoms with Gasteiger partial charge in [0.2, 0.25) is 35.7 Å². The first kappa shape index (κ1) is 67.9. The van der Waals surface area contributed by atoms with Gasteiger partial charge < -0.3 is 24.2 Å². The molecule has 0 aliphatic heterocycles. The van der Waals surface area contributed by atoms with Crippen LogP contribution in [0, 0.1) is 35.7 Å². The molecule has 6 aromatic carbocycles. The fourth-order valence-electron chi connectivity index (χ4n) is 13.7. The van der Waals surface area contributed by atoms with Crippen LogP contribution in [0.5, 0.6) is 0 Å². The van der Waals surface area contributed by atoms with E-state index in [2.05, 4.69) is 204 Å². The number of nitrogens with zero attached hydrogens (tertiary/aromatic N) is 11. The van der Waals surface area contributed by atoms with Crippen molar-refractivity contribution in [2.24, 2.45) is 0 Å². The molecule has 0 radical (unpaired) electrons. The Kier molecular flexibility index (Phi) is 18.9. The summed E-state index contributed by atoms with van der Waals surface area (Å²) in [5.41, 5.74) is 10.8. The second-order valence-electron chi connectivity index (χ2n) is 24.1. The molecule has 0 atom stereocenters. The number of H-pyrrole nitrogens is 1. The lowest BCUT2D eigenvalue weighted by Gasteiger charge is -2.38. The van der Waals surface area contributed by atoms with E-state index in [1.165, 1.54) is 28.8 Å². The molecule has 12 aromatic heterocycles. The zero-order valence-corrected chi connectivity index (χ0v) is 56.6. The van der Waals surface area contributed by atoms with Crippen molar-refractivity contribution >= 4 is 94.3 Å². The van der Waals surface area contributed by atoms with Gasteiger partial charge in [-0.1, -0.05) is 188 Å². The number of aromatic amines is 1. The van der Waals surface area contributed by atoms with E-state index >= 15 is 0 Å². The number of aromatic nitrogens is 12. The van der Waals surface area contributed by atoms with Crippen molar-refractivity contribution in [1.29, 1.82) is 0 Å². The molecule has 0 unspecified atom stereocenters. The Morgan fingerprint density at radius 1 is 0.333 bits per heavy atom. The lowest BCUT2D eigenvalue weighted by Crippen LogP contribution is -2.37. The maximum Gasteiger partial charge on any atom is 0.493 e. The quantitative estimate of drug-likeness (QED) is 0.0485. The van der Waals surface area contributed by atoms with Gasteiger partial charge in [-0.25, -0.2) is 15.0 Å². The van der Waals surface area contributed by atoms with Gasteiger partial charge in [0.15, 0.2) is 0 Å². The molecular weight excluding hydrogens is 1400 g/mol. The summed E-state index contributed by atoms with van der Waals surface area (Å²) >= 11 is 3.62. The predicted octanol–water partition coefficient (Wildman–Crippen LogP) is 17.4. The summed E-state index contributed by atoms with van der Waals surface area (Å²) < 4.78 is 85.0. The summed E-state index contributed by atoms with van der Waals surface area (Å²) in [6.45, 7) is 0. The van der Waals surface area contributed by atoms with Gasteiger partial charge >= 0.3 is 7.12 Å². The molecule has 0 bridgehead atoms. The summed E-state index contributed by atoms with van der Waals surface area (Å²) in [4.78, 5) is 39.9. The standard InChI is InChI=1S/C34H22F2N4.C29H20BrN3.C15H8F2N4.C5H4BF2NO2/c35-31-19-17-27(32(36)39-31)29-18-16-26-28-22-37-21-20-30(28)40(33(26)38-29)34(23-10-4-1-5-11-23,24-12-6-2-7-13-24)25-14-8-3-9-15-25;30-27-17-16-24-25-20-31-19-18-26(25)33(28(24)32-27)29(21-10-4-1-5-11-21,22-12-6-2-7-13-22)23-14-8-3-9-15-23;16-13-4-2-9(14(17)21-13)11-3-1-8-10-7-18-6-5-12(10)20-15(8)19-11;7-4-2-1-3(6(10)11)5(8)9-4/h1-22H;1-20H;1-7H,(H,19,20);1-2,10-11H. The largest absolute Gasteiger partial charge is 0.493 e. The lowest BCUT2D eigenvalue weighted by atomic mass is 9.76. The van der Waals surface area contributed by atoms with E-state index in [1.54, 1.807) is 30.7 Å². The van der Waals surface area contributed by atoms with Gasteiger partial charge in [-0.3, -0.25) is 15.0 Å². The number of hydrogen-bond acceptors (Lipinski definition) is 11. The molecule has 14 nitrogen and oxygen atoms in total. The van der Waals surface area contributed by atoms with E-state index in [4.69, 9.17) is 20.0 Å². The average Bonchev–Trinajstić information content (AvgIpc) is 0.843. The van der Waals surface area contributed by atoms with Gasteiger partial charge in [-0.2, -0.15) is 41.3 Å². The van der Waals surface area contributed by atoms with Gasteiger partial charge in [0.1, 0.15) is 32.6 Å². The molecule has 510 valence electrons. The van der Waals surface area contributed by atoms with Crippen LogP contribution in [-0.2, 0) is 11.1 Å². The molecule has 22 heteroatoms. The zero-order chi connectivity index (χ0) is 72.2. The van der Waals surface area contributed by atoms with Gasteiger partial charge in [0.25, 0.3) is 0 Å². The fourth-order valence-corrected chi connectivity index (χ4v) is 14.0. The van der Waals surface area contributed by atoms with Crippen LogP contribution in [0.3, 0.4) is 0 Å². The SMILES string of the molecule is Brc1ccc2c3cnccc3n(C(c3ccccc3)(c3ccccc3)c3ccccc3)c2n1.Fc1ccc(-c2ccc3c(n2)[nH]c2ccncc23)c(F)n1.Fc1ccc(-c2ccc3c4cnccc4n(C(c4ccccc4)(c4ccccc4)c4ccccc4)c3n2)c(F)n1.OB(O)c1ccc(F)nc1F. The number of rotatable bonds is 11. The second kappa shape index (κ2) is 29.2. The fraction of sp³-hybridized carbons (Fsp3) is 0.0241. The van der Waals surface area contributed by atoms with Crippen LogP contribution >= 0.6 is 15.9 Å². The van der Waals surface area contributed by atoms with E-state index in [1.807, 2.05) is 104 Å². The van der Waals surface area contributed by atoms with Crippen molar-refractivity contribution in [1.82, 2.24) is 59.0 Å². The van der Waals surface area contributed by atoms with Crippen molar-refractivity contribution in [3.63, 3.8) is 0 Å². The molecule has 0 fully saturated rings. The highest BCUT2D eigenvalue weighted by atomic mass is 79.9. The van der Waals surface area contributed by atoms with Gasteiger partial charge in [0.05, 0.1) is 39.1 Å². The number of pyridine rings is 9. The molecule has 0 saturated carbocycles. The Morgan fingerprint density at radius 3 is 1.10 bits per heavy atom. The van der Waals surface area contributed by atoms with Crippen molar-refractivity contribution in [3.05, 3.63) is 384 Å². The lowest BCUT2D eigenvalue weighted by molar-refractivity contribution is 0.420. The first-order valence-electron chi connectivity index (χ1n) is 32.9. The van der Waals surface area contributed by atoms with E-state index in [0.29, 0.717) is 22.7 Å². The van der Waals surface area contributed by atoms with Gasteiger partial charge in [0, 0.05) is 75.0 Å². The Hall–Kier alpha value is -12.9. The van der Waals surface area contributed by atoms with Crippen molar-refractivity contribution in [2.45, 2.75) is 11.1 Å². The molecule has 18 rings (SSSR count). The Balaban J connectivity index is 0.000000122. The number of nitrogens with one attached hydrogen (secondary N) is 1. The topological polar surface area (TPSA) is 182 Å². The molecule has 105 heavy (non-hydrogen) atoms. The van der Waals surface area contributed by atoms with Crippen LogP contribution in [-0.4, -0.2) is 76.1 Å². The summed E-state index contributed by atoms with van der Waals surface area (Å²) in [5, 5.41) is 22.7. The third kappa shape index (κ3) is 12.8. The third-order valence-electron chi connectivity index (χ3n) is 18.2. The second-order valence-corrected chi connectivity index (χ2v) is 24.9. The van der Waals surface area contributed by atoms with Crippen LogP contribution in [0.25, 0.3) is 88.3 Å². The first-order chi connectivity index (χ1) is 51.3. The summed E-state index contributed by atoms with van der Waals surface area (Å²) in [5.74, 6) is -5.71. The molecular formula is C83H54BBrF6N12O2. The zero-order valence-electron chi connectivity index (χ0n) is 55.0. The van der Waals surface area contributed by atoms with E-state index in [9.17, 15) is 26.3 Å². The normalized spacial score (nSPS) is 11.5. The molecule has 12 heterocycles. The highest BCUT2D eigenvalue weighted by Gasteiger charge is 2.43. The number of halogens is 7. The van der Waals surface area contributed by atoms with Crippen LogP contribution in [0.4, 0.5) is 26.3 Å². The predicted molar refractivity (Wildman–Crippen MR) is 399 cm³/mol. The van der Waals surface area contributed by atoms with Gasteiger partial charge in [-0.05, 0) is 134 Å². The Labute approximate surface area is 603 Å². The van der Waals surface area contributed by atoms with Crippen LogP contribution in [0.15, 0.2) is 315 Å². The Bertz CT molecular complexity index is 5960. The highest BCUT2D eigenvalue weighted by Crippen LogP contribution is 2.48. The summed E-state index contributed by atoms with van der Waals surface area (Å²) in [6.07, 6.45) is 10.8. The molecule has 0 spiro atoms. The number of hydrogen-bond donors (Lipinski definition) is 3. The van der Waals surface area contributed by atoms with E-state index in [0.717, 1.165) is 100 Å². The van der Waals surface area contributed by atoms with E-state index < -0.39 is 59.3 Å². The first-order valence-corrected chi connectivity index (χ1v) is 33.7. The van der Waals surface area contributed by atoms with Crippen molar-refractivity contribution < 1.29 is 36.4 Å². The average molecular weight is 1460 g/mol. The highest BCUT2D eigenvalue weighted by molar-refractivity contribution is 9.10. The Morgan fingerprint density at radius 2 is 0.695 bits per heavy atom. The summed E-state index contributed by atoms with van der Waals surface area (Å²) in [7, 11) is -1.96. The molecule has 18 aromatic rings. The minimum Gasteiger partial charge on any atom is -0.423 e. The maximum atomic E-state index is 14.9. The maximum absolute atomic E-state index is 14.9. The molecule has 0 saturated heterocycles. The molecule has 3 N–H and O–H groups in total. The molecule has 0 aliphatic rings. The van der Waals surface area contributed by atoms with Crippen LogP contribution < -0.4 is 5.46 Å². The van der Waals surface area contributed by atoms with Crippen LogP contribution in [0.1, 0.15) is 33.4 Å². The van der Waals surface area contributed by atoms with E-state index in [-0.39, 0.29) is 11.1 Å². The molecule has 0 amide bonds. The third-order valence-corrected chi connectivity index (χ3v) is 18.6. The minimum atomic E-state index is -1.96. The monoisotopic (exact) mass is 1450 g/mol. The van der Waals surface area contributed by atoms with Crippen LogP contribution in [0.2, 0.25) is 0 Å². The minimum absolute atomic E-state index is 0.128. The number of fused-ring (bicyclic) bond motifs is 9. The van der Waals surface area contributed by atoms with Gasteiger partial charge in [-0.15, -0.1) is 0 Å². The number of benzene rings is 6. The van der Waals surface area contributed by atoms with Crippen molar-refractivity contribution in [3.8, 4) is 22.5 Å². The smallest absolute Gasteiger partial charge is 0.423 e. The summed E-state index contributed by atoms with van der Waals surface area (Å²) in [6, 6.07) is 86.9. The van der Waals surface area contributed by atoms with Crippen molar-refractivity contribution in [2.75, 3.05) is 0 Å².